The van der Waals surface area contributed by atoms with E-state index < -0.39 is 5.82 Å². The Morgan fingerprint density at radius 3 is 2.77 bits per heavy atom. The van der Waals surface area contributed by atoms with Gasteiger partial charge in [0.1, 0.15) is 5.65 Å². The second-order valence-corrected chi connectivity index (χ2v) is 8.06. The van der Waals surface area contributed by atoms with Crippen molar-refractivity contribution in [1.29, 1.82) is 0 Å². The number of carbonyl (C=O) groups excluding carboxylic acids is 1. The predicted octanol–water partition coefficient (Wildman–Crippen LogP) is 3.81. The van der Waals surface area contributed by atoms with Gasteiger partial charge in [-0.2, -0.15) is 0 Å². The molecule has 0 radical (unpaired) electrons. The van der Waals surface area contributed by atoms with E-state index in [1.165, 1.54) is 4.90 Å². The van der Waals surface area contributed by atoms with E-state index in [1.54, 1.807) is 32.6 Å². The number of nitrogens with one attached hydrogen (secondary N) is 3. The summed E-state index contributed by atoms with van der Waals surface area (Å²) < 4.78 is 14.5. The van der Waals surface area contributed by atoms with Crippen LogP contribution in [0.4, 0.5) is 15.0 Å². The predicted molar refractivity (Wildman–Crippen MR) is 114 cm³/mol. The SMILES string of the molecule is CN(C)C(=O)N[C@H]1CCCC[C@@H]1Nc1nc(-c2c[nH]c3ncc(Cl)cc23)ncc1F. The summed E-state index contributed by atoms with van der Waals surface area (Å²) in [4.78, 5) is 29.5. The Balaban J connectivity index is 1.61. The summed E-state index contributed by atoms with van der Waals surface area (Å²) in [6, 6.07) is 1.37. The van der Waals surface area contributed by atoms with Crippen LogP contribution in [0.3, 0.4) is 0 Å². The van der Waals surface area contributed by atoms with E-state index in [0.29, 0.717) is 22.1 Å². The first kappa shape index (κ1) is 20.3. The number of nitrogens with zero attached hydrogens (tertiary/aromatic N) is 4. The van der Waals surface area contributed by atoms with Crippen LogP contribution in [-0.2, 0) is 0 Å². The van der Waals surface area contributed by atoms with Crippen molar-refractivity contribution in [3.05, 3.63) is 35.5 Å². The number of halogens is 2. The lowest BCUT2D eigenvalue weighted by molar-refractivity contribution is 0.207. The Labute approximate surface area is 178 Å². The van der Waals surface area contributed by atoms with E-state index in [9.17, 15) is 9.18 Å². The number of carbonyl (C=O) groups is 1. The molecular formula is C20H23ClFN7O. The van der Waals surface area contributed by atoms with Crippen LogP contribution in [0.2, 0.25) is 5.02 Å². The van der Waals surface area contributed by atoms with Crippen molar-refractivity contribution in [3.8, 4) is 11.4 Å². The van der Waals surface area contributed by atoms with Crippen LogP contribution >= 0.6 is 11.6 Å². The molecule has 10 heteroatoms. The molecule has 4 rings (SSSR count). The zero-order valence-corrected chi connectivity index (χ0v) is 17.5. The molecular weight excluding hydrogens is 409 g/mol. The lowest BCUT2D eigenvalue weighted by Gasteiger charge is -2.33. The molecule has 0 bridgehead atoms. The maximum absolute atomic E-state index is 14.5. The molecule has 0 saturated heterocycles. The van der Waals surface area contributed by atoms with Crippen LogP contribution in [-0.4, -0.2) is 57.0 Å². The largest absolute Gasteiger partial charge is 0.363 e. The molecule has 1 aliphatic rings. The summed E-state index contributed by atoms with van der Waals surface area (Å²) in [7, 11) is 3.39. The second kappa shape index (κ2) is 8.43. The third kappa shape index (κ3) is 4.16. The van der Waals surface area contributed by atoms with Crippen molar-refractivity contribution in [3.63, 3.8) is 0 Å². The van der Waals surface area contributed by atoms with Gasteiger partial charge in [0.25, 0.3) is 0 Å². The van der Waals surface area contributed by atoms with Crippen LogP contribution < -0.4 is 10.6 Å². The Bertz CT molecular complexity index is 1070. The first-order valence-corrected chi connectivity index (χ1v) is 10.2. The van der Waals surface area contributed by atoms with E-state index in [2.05, 4.69) is 30.6 Å². The summed E-state index contributed by atoms with van der Waals surface area (Å²) in [6.45, 7) is 0. The van der Waals surface area contributed by atoms with Gasteiger partial charge in [0, 0.05) is 43.5 Å². The highest BCUT2D eigenvalue weighted by Gasteiger charge is 2.28. The molecule has 0 spiro atoms. The van der Waals surface area contributed by atoms with Gasteiger partial charge in [-0.05, 0) is 18.9 Å². The maximum Gasteiger partial charge on any atom is 0.317 e. The van der Waals surface area contributed by atoms with Crippen LogP contribution in [0.25, 0.3) is 22.4 Å². The average Bonchev–Trinajstić information content (AvgIpc) is 3.14. The van der Waals surface area contributed by atoms with Gasteiger partial charge in [-0.25, -0.2) is 24.1 Å². The minimum atomic E-state index is -0.544. The number of aromatic amines is 1. The topological polar surface area (TPSA) is 98.8 Å². The standard InChI is InChI=1S/C20H23ClFN7O/c1-29(2)20(30)27-16-6-4-3-5-15(16)26-19-14(22)10-25-18(28-19)13-9-24-17-12(13)7-11(21)8-23-17/h7-10,15-16H,3-6H2,1-2H3,(H,23,24)(H,27,30)(H,25,26,28)/t15-,16-/m0/s1. The molecule has 3 aromatic heterocycles. The molecule has 30 heavy (non-hydrogen) atoms. The number of hydrogen-bond acceptors (Lipinski definition) is 5. The number of H-pyrrole nitrogens is 1. The van der Waals surface area contributed by atoms with Gasteiger partial charge in [-0.1, -0.05) is 24.4 Å². The highest BCUT2D eigenvalue weighted by atomic mass is 35.5. The van der Waals surface area contributed by atoms with Crippen LogP contribution in [0, 0.1) is 5.82 Å². The van der Waals surface area contributed by atoms with Crippen LogP contribution in [0.15, 0.2) is 24.7 Å². The molecule has 1 aliphatic carbocycles. The van der Waals surface area contributed by atoms with Crippen molar-refractivity contribution in [2.75, 3.05) is 19.4 Å². The fourth-order valence-corrected chi connectivity index (χ4v) is 3.86. The van der Waals surface area contributed by atoms with Gasteiger partial charge >= 0.3 is 6.03 Å². The van der Waals surface area contributed by atoms with Gasteiger partial charge in [0.2, 0.25) is 0 Å². The smallest absolute Gasteiger partial charge is 0.317 e. The van der Waals surface area contributed by atoms with Gasteiger partial charge < -0.3 is 20.5 Å². The fourth-order valence-electron chi connectivity index (χ4n) is 3.70. The zero-order valence-electron chi connectivity index (χ0n) is 16.7. The molecule has 1 fully saturated rings. The Hall–Kier alpha value is -2.94. The highest BCUT2D eigenvalue weighted by Crippen LogP contribution is 2.29. The van der Waals surface area contributed by atoms with Gasteiger partial charge in [0.05, 0.1) is 17.3 Å². The number of pyridine rings is 1. The second-order valence-electron chi connectivity index (χ2n) is 7.63. The van der Waals surface area contributed by atoms with E-state index in [-0.39, 0.29) is 23.9 Å². The van der Waals surface area contributed by atoms with Crippen molar-refractivity contribution in [1.82, 2.24) is 30.2 Å². The third-order valence-electron chi connectivity index (χ3n) is 5.29. The molecule has 0 aromatic carbocycles. The number of rotatable bonds is 4. The molecule has 2 amide bonds. The summed E-state index contributed by atoms with van der Waals surface area (Å²) in [5.74, 6) is -0.0720. The Morgan fingerprint density at radius 1 is 1.23 bits per heavy atom. The third-order valence-corrected chi connectivity index (χ3v) is 5.49. The molecule has 0 aliphatic heterocycles. The zero-order chi connectivity index (χ0) is 21.3. The number of anilines is 1. The summed E-state index contributed by atoms with van der Waals surface area (Å²) in [5, 5.41) is 7.45. The Morgan fingerprint density at radius 2 is 2.00 bits per heavy atom. The summed E-state index contributed by atoms with van der Waals surface area (Å²) in [6.07, 6.45) is 8.07. The minimum absolute atomic E-state index is 0.109. The maximum atomic E-state index is 14.5. The number of aromatic nitrogens is 4. The molecule has 8 nitrogen and oxygen atoms in total. The normalized spacial score (nSPS) is 18.9. The molecule has 2 atom stereocenters. The monoisotopic (exact) mass is 431 g/mol. The quantitative estimate of drug-likeness (QED) is 0.583. The van der Waals surface area contributed by atoms with Gasteiger partial charge in [-0.15, -0.1) is 0 Å². The summed E-state index contributed by atoms with van der Waals surface area (Å²) >= 11 is 6.07. The first-order valence-electron chi connectivity index (χ1n) is 9.82. The van der Waals surface area contributed by atoms with Crippen molar-refractivity contribution in [2.24, 2.45) is 0 Å². The van der Waals surface area contributed by atoms with Crippen molar-refractivity contribution < 1.29 is 9.18 Å². The Kier molecular flexibility index (Phi) is 5.72. The van der Waals surface area contributed by atoms with Crippen LogP contribution in [0.5, 0.6) is 0 Å². The molecule has 3 N–H and O–H groups in total. The average molecular weight is 432 g/mol. The molecule has 158 valence electrons. The van der Waals surface area contributed by atoms with E-state index >= 15 is 0 Å². The number of amides is 2. The fraction of sp³-hybridized carbons (Fsp3) is 0.400. The van der Waals surface area contributed by atoms with Crippen molar-refractivity contribution in [2.45, 2.75) is 37.8 Å². The lowest BCUT2D eigenvalue weighted by atomic mass is 9.90. The van der Waals surface area contributed by atoms with Gasteiger partial charge in [-0.3, -0.25) is 0 Å². The van der Waals surface area contributed by atoms with Gasteiger partial charge in [0.15, 0.2) is 17.5 Å². The lowest BCUT2D eigenvalue weighted by Crippen LogP contribution is -2.51. The number of hydrogen-bond donors (Lipinski definition) is 3. The minimum Gasteiger partial charge on any atom is -0.363 e. The van der Waals surface area contributed by atoms with E-state index in [0.717, 1.165) is 37.3 Å². The first-order chi connectivity index (χ1) is 14.4. The van der Waals surface area contributed by atoms with Crippen LogP contribution in [0.1, 0.15) is 25.7 Å². The number of fused-ring (bicyclic) bond motifs is 1. The summed E-state index contributed by atoms with van der Waals surface area (Å²) in [5.41, 5.74) is 1.33. The van der Waals surface area contributed by atoms with E-state index in [4.69, 9.17) is 11.6 Å². The molecule has 0 unspecified atom stereocenters. The highest BCUT2D eigenvalue weighted by molar-refractivity contribution is 6.31. The number of urea groups is 1. The van der Waals surface area contributed by atoms with E-state index in [1.807, 2.05) is 0 Å². The molecule has 1 saturated carbocycles. The molecule has 3 heterocycles. The molecule has 3 aromatic rings. The van der Waals surface area contributed by atoms with Crippen molar-refractivity contribution >= 4 is 34.5 Å².